The topological polar surface area (TPSA) is 9.23 Å². The van der Waals surface area contributed by atoms with Crippen LogP contribution in [0.3, 0.4) is 0 Å². The molecule has 21 heavy (non-hydrogen) atoms. The molecule has 0 radical (unpaired) electrons. The second kappa shape index (κ2) is 6.80. The fourth-order valence-corrected chi connectivity index (χ4v) is 5.81. The van der Waals surface area contributed by atoms with E-state index in [2.05, 4.69) is 73.8 Å². The van der Waals surface area contributed by atoms with E-state index in [9.17, 15) is 0 Å². The molecule has 2 unspecified atom stereocenters. The molecule has 3 heteroatoms. The van der Waals surface area contributed by atoms with Crippen LogP contribution in [0.25, 0.3) is 0 Å². The number of benzene rings is 2. The van der Waals surface area contributed by atoms with Gasteiger partial charge in [-0.3, -0.25) is 0 Å². The summed E-state index contributed by atoms with van der Waals surface area (Å²) in [7, 11) is 0. The molecule has 1 aliphatic heterocycles. The van der Waals surface area contributed by atoms with Crippen LogP contribution in [0, 0.1) is 0 Å². The molecule has 1 heterocycles. The summed E-state index contributed by atoms with van der Waals surface area (Å²) in [6, 6.07) is 18.9. The van der Waals surface area contributed by atoms with Crippen LogP contribution in [0.2, 0.25) is 0 Å². The van der Waals surface area contributed by atoms with Crippen molar-refractivity contribution in [3.8, 4) is 5.75 Å². The van der Waals surface area contributed by atoms with Crippen molar-refractivity contribution in [2.75, 3.05) is 0 Å². The Kier molecular flexibility index (Phi) is 4.81. The minimum absolute atomic E-state index is 0.568. The maximum atomic E-state index is 5.84. The second-order valence-corrected chi connectivity index (χ2v) is 8.63. The Hall–Kier alpha value is -1.06. The minimum Gasteiger partial charge on any atom is -0.489 e. The summed E-state index contributed by atoms with van der Waals surface area (Å²) in [6.07, 6.45) is 0. The van der Waals surface area contributed by atoms with Crippen LogP contribution in [0.4, 0.5) is 0 Å². The zero-order valence-electron chi connectivity index (χ0n) is 12.4. The Morgan fingerprint density at radius 1 is 0.857 bits per heavy atom. The second-order valence-electron chi connectivity index (χ2n) is 5.36. The molecule has 0 aliphatic carbocycles. The van der Waals surface area contributed by atoms with Crippen LogP contribution >= 0.6 is 23.5 Å². The Morgan fingerprint density at radius 2 is 1.48 bits per heavy atom. The summed E-state index contributed by atoms with van der Waals surface area (Å²) in [5.74, 6) is 0.941. The lowest BCUT2D eigenvalue weighted by Gasteiger charge is -2.11. The number of hydrogen-bond donors (Lipinski definition) is 0. The Labute approximate surface area is 135 Å². The highest BCUT2D eigenvalue weighted by Gasteiger charge is 2.30. The highest BCUT2D eigenvalue weighted by Crippen LogP contribution is 2.53. The van der Waals surface area contributed by atoms with Gasteiger partial charge >= 0.3 is 0 Å². The van der Waals surface area contributed by atoms with E-state index in [0.29, 0.717) is 11.2 Å². The van der Waals surface area contributed by atoms with E-state index in [-0.39, 0.29) is 0 Å². The average molecular weight is 316 g/mol. The van der Waals surface area contributed by atoms with E-state index < -0.39 is 0 Å². The van der Waals surface area contributed by atoms with Gasteiger partial charge in [0.05, 0.1) is 4.58 Å². The van der Waals surface area contributed by atoms with Crippen molar-refractivity contribution in [3.05, 3.63) is 65.7 Å². The third-order valence-corrected chi connectivity index (χ3v) is 7.29. The maximum absolute atomic E-state index is 5.84. The average Bonchev–Trinajstić information content (AvgIpc) is 2.86. The lowest BCUT2D eigenvalue weighted by molar-refractivity contribution is 0.306. The predicted molar refractivity (Wildman–Crippen MR) is 94.1 cm³/mol. The van der Waals surface area contributed by atoms with E-state index in [1.165, 1.54) is 11.1 Å². The van der Waals surface area contributed by atoms with Crippen molar-refractivity contribution in [2.45, 2.75) is 35.5 Å². The number of ether oxygens (including phenoxy) is 1. The van der Waals surface area contributed by atoms with Crippen LogP contribution in [0.1, 0.15) is 29.6 Å². The number of thioether (sulfide) groups is 2. The van der Waals surface area contributed by atoms with Crippen molar-refractivity contribution in [3.63, 3.8) is 0 Å². The molecule has 1 fully saturated rings. The van der Waals surface area contributed by atoms with Gasteiger partial charge in [-0.25, -0.2) is 0 Å². The molecule has 1 nitrogen and oxygen atoms in total. The summed E-state index contributed by atoms with van der Waals surface area (Å²) < 4.78 is 6.41. The summed E-state index contributed by atoms with van der Waals surface area (Å²) >= 11 is 4.13. The first-order valence-corrected chi connectivity index (χ1v) is 9.18. The SMILES string of the molecule is CC1SC(c2ccc(OCc3ccccc3)cc2)SC1C. The third-order valence-electron chi connectivity index (χ3n) is 3.74. The van der Waals surface area contributed by atoms with Gasteiger partial charge in [0, 0.05) is 10.5 Å². The van der Waals surface area contributed by atoms with Gasteiger partial charge in [-0.1, -0.05) is 56.3 Å². The third kappa shape index (κ3) is 3.78. The van der Waals surface area contributed by atoms with Crippen LogP contribution < -0.4 is 4.74 Å². The van der Waals surface area contributed by atoms with Gasteiger partial charge in [-0.2, -0.15) is 0 Å². The van der Waals surface area contributed by atoms with Crippen LogP contribution in [0.15, 0.2) is 54.6 Å². The van der Waals surface area contributed by atoms with E-state index >= 15 is 0 Å². The van der Waals surface area contributed by atoms with Gasteiger partial charge in [-0.05, 0) is 23.3 Å². The molecule has 110 valence electrons. The molecule has 0 bridgehead atoms. The molecule has 0 N–H and O–H groups in total. The maximum Gasteiger partial charge on any atom is 0.119 e. The lowest BCUT2D eigenvalue weighted by atomic mass is 10.2. The van der Waals surface area contributed by atoms with Gasteiger partial charge in [0.2, 0.25) is 0 Å². The molecule has 0 aromatic heterocycles. The van der Waals surface area contributed by atoms with Crippen molar-refractivity contribution >= 4 is 23.5 Å². The quantitative estimate of drug-likeness (QED) is 0.735. The fraction of sp³-hybridized carbons (Fsp3) is 0.333. The largest absolute Gasteiger partial charge is 0.489 e. The number of rotatable bonds is 4. The van der Waals surface area contributed by atoms with E-state index in [4.69, 9.17) is 4.74 Å². The van der Waals surface area contributed by atoms with Crippen molar-refractivity contribution in [1.82, 2.24) is 0 Å². The zero-order chi connectivity index (χ0) is 14.7. The van der Waals surface area contributed by atoms with Gasteiger partial charge in [-0.15, -0.1) is 23.5 Å². The first-order chi connectivity index (χ1) is 10.2. The van der Waals surface area contributed by atoms with Gasteiger partial charge in [0.15, 0.2) is 0 Å². The monoisotopic (exact) mass is 316 g/mol. The molecule has 1 saturated heterocycles. The smallest absolute Gasteiger partial charge is 0.119 e. The molecular formula is C18H20OS2. The highest BCUT2D eigenvalue weighted by atomic mass is 32.2. The summed E-state index contributed by atoms with van der Waals surface area (Å²) in [5.41, 5.74) is 2.60. The van der Waals surface area contributed by atoms with E-state index in [1.54, 1.807) is 0 Å². The van der Waals surface area contributed by atoms with Gasteiger partial charge in [0.1, 0.15) is 12.4 Å². The van der Waals surface area contributed by atoms with E-state index in [1.807, 2.05) is 18.2 Å². The fourth-order valence-electron chi connectivity index (χ4n) is 2.26. The van der Waals surface area contributed by atoms with Gasteiger partial charge < -0.3 is 4.74 Å². The molecule has 0 spiro atoms. The number of hydrogen-bond acceptors (Lipinski definition) is 3. The lowest BCUT2D eigenvalue weighted by Crippen LogP contribution is -2.04. The Balaban J connectivity index is 1.59. The first kappa shape index (κ1) is 14.9. The van der Waals surface area contributed by atoms with Crippen LogP contribution in [-0.4, -0.2) is 10.5 Å². The highest BCUT2D eigenvalue weighted by molar-refractivity contribution is 8.20. The zero-order valence-corrected chi connectivity index (χ0v) is 14.0. The van der Waals surface area contributed by atoms with Crippen molar-refractivity contribution in [2.24, 2.45) is 0 Å². The van der Waals surface area contributed by atoms with Gasteiger partial charge in [0.25, 0.3) is 0 Å². The van der Waals surface area contributed by atoms with Crippen molar-refractivity contribution in [1.29, 1.82) is 0 Å². The molecule has 1 aliphatic rings. The molecular weight excluding hydrogens is 296 g/mol. The summed E-state index contributed by atoms with van der Waals surface area (Å²) in [5, 5.41) is 1.46. The molecule has 0 saturated carbocycles. The van der Waals surface area contributed by atoms with Crippen LogP contribution in [0.5, 0.6) is 5.75 Å². The summed E-state index contributed by atoms with van der Waals surface area (Å²) in [6.45, 7) is 5.26. The van der Waals surface area contributed by atoms with Crippen molar-refractivity contribution < 1.29 is 4.74 Å². The standard InChI is InChI=1S/C18H20OS2/c1-13-14(2)21-18(20-13)16-8-10-17(11-9-16)19-12-15-6-4-3-5-7-15/h3-11,13-14,18H,12H2,1-2H3. The minimum atomic E-state index is 0.568. The molecule has 2 atom stereocenters. The van der Waals surface area contributed by atoms with E-state index in [0.717, 1.165) is 16.2 Å². The molecule has 2 aromatic carbocycles. The first-order valence-electron chi connectivity index (χ1n) is 7.30. The summed E-state index contributed by atoms with van der Waals surface area (Å²) in [4.78, 5) is 0. The normalized spacial score (nSPS) is 25.0. The van der Waals surface area contributed by atoms with Crippen LogP contribution in [-0.2, 0) is 6.61 Å². The molecule has 3 rings (SSSR count). The Morgan fingerprint density at radius 3 is 2.10 bits per heavy atom. The Bertz CT molecular complexity index is 558. The molecule has 0 amide bonds. The predicted octanol–water partition coefficient (Wildman–Crippen LogP) is 5.52. The molecule has 2 aromatic rings.